The molecule has 0 atom stereocenters. The van der Waals surface area contributed by atoms with Crippen LogP contribution in [-0.2, 0) is 4.79 Å². The molecule has 3 heteroatoms. The monoisotopic (exact) mass is 281 g/mol. The molecule has 1 heterocycles. The van der Waals surface area contributed by atoms with E-state index >= 15 is 0 Å². The summed E-state index contributed by atoms with van der Waals surface area (Å²) in [6.07, 6.45) is 11.0. The van der Waals surface area contributed by atoms with E-state index in [1.165, 1.54) is 10.6 Å². The van der Waals surface area contributed by atoms with Crippen LogP contribution in [0, 0.1) is 0 Å². The van der Waals surface area contributed by atoms with Crippen LogP contribution in [0.2, 0.25) is 0 Å². The molecule has 0 aromatic heterocycles. The number of allylic oxidation sites excluding steroid dienone is 7. The maximum atomic E-state index is 11.7. The van der Waals surface area contributed by atoms with Crippen molar-refractivity contribution in [2.24, 2.45) is 0 Å². The number of benzene rings is 1. The van der Waals surface area contributed by atoms with Crippen molar-refractivity contribution in [1.82, 2.24) is 0 Å². The highest BCUT2D eigenvalue weighted by Crippen LogP contribution is 2.45. The molecule has 0 N–H and O–H groups in total. The van der Waals surface area contributed by atoms with E-state index in [1.807, 2.05) is 24.3 Å². The normalized spacial score (nSPS) is 21.1. The minimum atomic E-state index is 0.0629. The predicted molar refractivity (Wildman–Crippen MR) is 84.8 cm³/mol. The van der Waals surface area contributed by atoms with Gasteiger partial charge in [-0.05, 0) is 37.3 Å². The van der Waals surface area contributed by atoms with Gasteiger partial charge < -0.3 is 4.90 Å². The van der Waals surface area contributed by atoms with E-state index in [9.17, 15) is 4.79 Å². The zero-order valence-corrected chi connectivity index (χ0v) is 12.1. The van der Waals surface area contributed by atoms with E-state index in [2.05, 4.69) is 36.1 Å². The summed E-state index contributed by atoms with van der Waals surface area (Å²) < 4.78 is 0. The molecular formula is C17H15NOS. The standard InChI is InChI=1S/C17H15NOS/c1-2-18-14-8-4-6-10-16(14)20-17(18)12-11-13-7-3-5-9-15(13)19/h3-12H,2H2,1H3/b13-11-,17-12-. The number of thioether (sulfide) groups is 1. The first kappa shape index (κ1) is 13.0. The molecular weight excluding hydrogens is 266 g/mol. The molecule has 0 amide bonds. The second kappa shape index (κ2) is 5.55. The number of carbonyl (C=O) groups is 1. The van der Waals surface area contributed by atoms with Gasteiger partial charge in [0.25, 0.3) is 0 Å². The molecule has 0 bridgehead atoms. The van der Waals surface area contributed by atoms with E-state index in [0.717, 1.165) is 17.1 Å². The van der Waals surface area contributed by atoms with Gasteiger partial charge in [-0.3, -0.25) is 4.79 Å². The number of hydrogen-bond donors (Lipinski definition) is 0. The number of anilines is 1. The summed E-state index contributed by atoms with van der Waals surface area (Å²) in [5, 5.41) is 1.16. The number of rotatable bonds is 2. The molecule has 0 saturated heterocycles. The molecule has 0 unspecified atom stereocenters. The molecule has 0 fully saturated rings. The fraction of sp³-hybridized carbons (Fsp3) is 0.118. The highest BCUT2D eigenvalue weighted by atomic mass is 32.2. The predicted octanol–water partition coefficient (Wildman–Crippen LogP) is 4.08. The summed E-state index contributed by atoms with van der Waals surface area (Å²) in [4.78, 5) is 15.2. The summed E-state index contributed by atoms with van der Waals surface area (Å²) in [5.41, 5.74) is 1.97. The number of nitrogens with zero attached hydrogens (tertiary/aromatic N) is 1. The Morgan fingerprint density at radius 2 is 1.95 bits per heavy atom. The minimum absolute atomic E-state index is 0.0629. The minimum Gasteiger partial charge on any atom is -0.335 e. The topological polar surface area (TPSA) is 20.3 Å². The van der Waals surface area contributed by atoms with Gasteiger partial charge >= 0.3 is 0 Å². The van der Waals surface area contributed by atoms with Crippen LogP contribution in [0.25, 0.3) is 0 Å². The number of ketones is 1. The van der Waals surface area contributed by atoms with Crippen LogP contribution in [0.15, 0.2) is 76.2 Å². The zero-order chi connectivity index (χ0) is 13.9. The van der Waals surface area contributed by atoms with Crippen molar-refractivity contribution in [1.29, 1.82) is 0 Å². The van der Waals surface area contributed by atoms with Crippen LogP contribution in [-0.4, -0.2) is 12.3 Å². The van der Waals surface area contributed by atoms with Crippen LogP contribution in [0.4, 0.5) is 5.69 Å². The van der Waals surface area contributed by atoms with Crippen molar-refractivity contribution in [3.05, 3.63) is 71.3 Å². The molecule has 0 spiro atoms. The first-order chi connectivity index (χ1) is 9.79. The van der Waals surface area contributed by atoms with Crippen molar-refractivity contribution in [3.63, 3.8) is 0 Å². The lowest BCUT2D eigenvalue weighted by molar-refractivity contribution is -0.111. The lowest BCUT2D eigenvalue weighted by Crippen LogP contribution is -2.16. The van der Waals surface area contributed by atoms with Gasteiger partial charge in [0.2, 0.25) is 0 Å². The fourth-order valence-corrected chi connectivity index (χ4v) is 3.41. The van der Waals surface area contributed by atoms with Gasteiger partial charge in [0.1, 0.15) is 0 Å². The molecule has 3 rings (SSSR count). The van der Waals surface area contributed by atoms with E-state index < -0.39 is 0 Å². The number of fused-ring (bicyclic) bond motifs is 1. The summed E-state index contributed by atoms with van der Waals surface area (Å²) in [6, 6.07) is 8.38. The molecule has 1 aliphatic carbocycles. The fourth-order valence-electron chi connectivity index (χ4n) is 2.28. The van der Waals surface area contributed by atoms with Gasteiger partial charge in [-0.25, -0.2) is 0 Å². The Labute approximate surface area is 123 Å². The Balaban J connectivity index is 1.90. The van der Waals surface area contributed by atoms with Crippen LogP contribution < -0.4 is 4.90 Å². The molecule has 1 aromatic rings. The van der Waals surface area contributed by atoms with Gasteiger partial charge in [-0.1, -0.05) is 42.1 Å². The Bertz CT molecular complexity index is 667. The lowest BCUT2D eigenvalue weighted by atomic mass is 10.1. The lowest BCUT2D eigenvalue weighted by Gasteiger charge is -2.17. The second-order valence-corrected chi connectivity index (χ2v) is 5.59. The first-order valence-electron chi connectivity index (χ1n) is 6.65. The average molecular weight is 281 g/mol. The largest absolute Gasteiger partial charge is 0.335 e. The average Bonchev–Trinajstić information content (AvgIpc) is 2.84. The second-order valence-electron chi connectivity index (χ2n) is 4.52. The molecule has 1 aromatic carbocycles. The summed E-state index contributed by atoms with van der Waals surface area (Å²) in [5.74, 6) is 0.0629. The Morgan fingerprint density at radius 3 is 2.75 bits per heavy atom. The quantitative estimate of drug-likeness (QED) is 0.762. The van der Waals surface area contributed by atoms with Crippen molar-refractivity contribution >= 4 is 23.2 Å². The third-order valence-electron chi connectivity index (χ3n) is 3.28. The molecule has 20 heavy (non-hydrogen) atoms. The van der Waals surface area contributed by atoms with Crippen LogP contribution in [0.3, 0.4) is 0 Å². The van der Waals surface area contributed by atoms with Gasteiger partial charge in [0.15, 0.2) is 5.78 Å². The van der Waals surface area contributed by atoms with Crippen molar-refractivity contribution < 1.29 is 4.79 Å². The summed E-state index contributed by atoms with van der Waals surface area (Å²) >= 11 is 1.75. The molecule has 0 radical (unpaired) electrons. The van der Waals surface area contributed by atoms with E-state index in [1.54, 1.807) is 23.9 Å². The van der Waals surface area contributed by atoms with Crippen LogP contribution >= 0.6 is 11.8 Å². The first-order valence-corrected chi connectivity index (χ1v) is 7.46. The summed E-state index contributed by atoms with van der Waals surface area (Å²) in [6.45, 7) is 3.06. The smallest absolute Gasteiger partial charge is 0.185 e. The summed E-state index contributed by atoms with van der Waals surface area (Å²) in [7, 11) is 0. The van der Waals surface area contributed by atoms with Gasteiger partial charge in [0, 0.05) is 17.0 Å². The van der Waals surface area contributed by atoms with Crippen LogP contribution in [0.5, 0.6) is 0 Å². The molecule has 100 valence electrons. The van der Waals surface area contributed by atoms with Crippen molar-refractivity contribution in [3.8, 4) is 0 Å². The maximum Gasteiger partial charge on any atom is 0.185 e. The van der Waals surface area contributed by atoms with Gasteiger partial charge in [-0.2, -0.15) is 0 Å². The van der Waals surface area contributed by atoms with E-state index in [4.69, 9.17) is 0 Å². The van der Waals surface area contributed by atoms with E-state index in [-0.39, 0.29) is 5.78 Å². The Kier molecular flexibility index (Phi) is 3.61. The third-order valence-corrected chi connectivity index (χ3v) is 4.41. The molecule has 2 aliphatic rings. The van der Waals surface area contributed by atoms with Crippen molar-refractivity contribution in [2.45, 2.75) is 11.8 Å². The van der Waals surface area contributed by atoms with E-state index in [0.29, 0.717) is 0 Å². The third kappa shape index (κ3) is 2.37. The molecule has 2 nitrogen and oxygen atoms in total. The SMILES string of the molecule is CCN1/C(=C/C=C2/C=CC=CC2=O)Sc2ccccc21. The number of hydrogen-bond acceptors (Lipinski definition) is 3. The van der Waals surface area contributed by atoms with Gasteiger partial charge in [-0.15, -0.1) is 0 Å². The van der Waals surface area contributed by atoms with Gasteiger partial charge in [0.05, 0.1) is 10.7 Å². The Hall–Kier alpha value is -2.00. The number of para-hydroxylation sites is 1. The maximum absolute atomic E-state index is 11.7. The van der Waals surface area contributed by atoms with Crippen LogP contribution in [0.1, 0.15) is 6.92 Å². The molecule has 1 aliphatic heterocycles. The highest BCUT2D eigenvalue weighted by molar-refractivity contribution is 8.03. The highest BCUT2D eigenvalue weighted by Gasteiger charge is 2.22. The zero-order valence-electron chi connectivity index (χ0n) is 11.2. The Morgan fingerprint density at radius 1 is 1.15 bits per heavy atom. The number of carbonyl (C=O) groups excluding carboxylic acids is 1. The molecule has 0 saturated carbocycles. The van der Waals surface area contributed by atoms with Crippen molar-refractivity contribution in [2.75, 3.05) is 11.4 Å².